The topological polar surface area (TPSA) is 37.3 Å². The van der Waals surface area contributed by atoms with E-state index in [1.165, 1.54) is 0 Å². The molecule has 1 aromatic heterocycles. The summed E-state index contributed by atoms with van der Waals surface area (Å²) in [6, 6.07) is 14.9. The van der Waals surface area contributed by atoms with Crippen LogP contribution in [0.15, 0.2) is 63.8 Å². The fraction of sp³-hybridized carbons (Fsp3) is 0.0556. The van der Waals surface area contributed by atoms with Crippen LogP contribution in [-0.4, -0.2) is 10.2 Å². The molecule has 0 aliphatic rings. The average molecular weight is 405 g/mol. The van der Waals surface area contributed by atoms with Gasteiger partial charge in [0.25, 0.3) is 0 Å². The molecule has 0 fully saturated rings. The smallest absolute Gasteiger partial charge is 0.197 e. The second kappa shape index (κ2) is 6.91. The number of thiophene rings is 1. The summed E-state index contributed by atoms with van der Waals surface area (Å²) >= 11 is 9.14. The number of thiol groups is 1. The number of halogens is 1. The highest BCUT2D eigenvalue weighted by Gasteiger charge is 2.23. The highest BCUT2D eigenvalue weighted by Crippen LogP contribution is 2.35. The van der Waals surface area contributed by atoms with Gasteiger partial charge in [-0.15, -0.1) is 12.6 Å². The first-order chi connectivity index (χ1) is 11.1. The van der Waals surface area contributed by atoms with Crippen LogP contribution >= 0.6 is 39.9 Å². The molecular formula is C18H13BrO2S2. The zero-order valence-corrected chi connectivity index (χ0v) is 15.2. The first-order valence-corrected chi connectivity index (χ1v) is 9.08. The quantitative estimate of drug-likeness (QED) is 0.565. The highest BCUT2D eigenvalue weighted by atomic mass is 79.9. The van der Waals surface area contributed by atoms with Crippen LogP contribution in [0.2, 0.25) is 0 Å². The van der Waals surface area contributed by atoms with Gasteiger partial charge in [-0.1, -0.05) is 46.3 Å². The third-order valence-electron chi connectivity index (χ3n) is 3.62. The van der Waals surface area contributed by atoms with Crippen LogP contribution in [0.4, 0.5) is 0 Å². The van der Waals surface area contributed by atoms with Crippen molar-refractivity contribution >= 4 is 45.0 Å². The Hall–Kier alpha value is -1.56. The Morgan fingerprint density at radius 3 is 2.61 bits per heavy atom. The molecule has 2 nitrogen and oxygen atoms in total. The molecule has 0 bridgehead atoms. The maximum absolute atomic E-state index is 12.2. The first-order valence-electron chi connectivity index (χ1n) is 6.90. The Kier molecular flexibility index (Phi) is 4.90. The number of aromatic hydroxyl groups is 1. The van der Waals surface area contributed by atoms with Gasteiger partial charge >= 0.3 is 0 Å². The van der Waals surface area contributed by atoms with Crippen LogP contribution in [0, 0.1) is 0 Å². The zero-order chi connectivity index (χ0) is 16.4. The number of hydrogen-bond donors (Lipinski definition) is 2. The van der Waals surface area contributed by atoms with Gasteiger partial charge in [0.15, 0.2) is 5.12 Å². The fourth-order valence-corrected chi connectivity index (χ4v) is 4.08. The summed E-state index contributed by atoms with van der Waals surface area (Å²) in [5.41, 5.74) is 3.86. The molecule has 1 N–H and O–H groups in total. The third-order valence-corrected chi connectivity index (χ3v) is 5.24. The van der Waals surface area contributed by atoms with Gasteiger partial charge in [-0.3, -0.25) is 4.79 Å². The van der Waals surface area contributed by atoms with Gasteiger partial charge in [-0.05, 0) is 51.2 Å². The van der Waals surface area contributed by atoms with Gasteiger partial charge in [-0.2, -0.15) is 11.3 Å². The maximum Gasteiger partial charge on any atom is 0.197 e. The van der Waals surface area contributed by atoms with E-state index in [1.807, 2.05) is 29.6 Å². The molecule has 23 heavy (non-hydrogen) atoms. The predicted octanol–water partition coefficient (Wildman–Crippen LogP) is 5.47. The van der Waals surface area contributed by atoms with E-state index in [9.17, 15) is 9.90 Å². The Labute approximate surface area is 152 Å². The lowest BCUT2D eigenvalue weighted by molar-refractivity contribution is -0.111. The molecule has 0 saturated carbocycles. The summed E-state index contributed by atoms with van der Waals surface area (Å²) in [5, 5.41) is 13.4. The van der Waals surface area contributed by atoms with Crippen molar-refractivity contribution in [2.24, 2.45) is 0 Å². The number of phenolic OH excluding ortho intramolecular Hbond substituents is 1. The van der Waals surface area contributed by atoms with Gasteiger partial charge < -0.3 is 5.11 Å². The summed E-state index contributed by atoms with van der Waals surface area (Å²) in [5.74, 6) is -0.343. The SMILES string of the molecule is O=C(S)C(c1cccc(-c2ccsc2)c1)c1ccc(O)cc1Br. The number of rotatable bonds is 4. The van der Waals surface area contributed by atoms with Crippen LogP contribution < -0.4 is 0 Å². The van der Waals surface area contributed by atoms with Gasteiger partial charge in [0, 0.05) is 4.47 Å². The second-order valence-electron chi connectivity index (χ2n) is 5.11. The lowest BCUT2D eigenvalue weighted by atomic mass is 9.90. The minimum atomic E-state index is -0.494. The van der Waals surface area contributed by atoms with Crippen molar-refractivity contribution in [1.82, 2.24) is 0 Å². The highest BCUT2D eigenvalue weighted by molar-refractivity contribution is 9.10. The minimum absolute atomic E-state index is 0.151. The van der Waals surface area contributed by atoms with Crippen molar-refractivity contribution in [2.45, 2.75) is 5.92 Å². The molecular weight excluding hydrogens is 392 g/mol. The van der Waals surface area contributed by atoms with E-state index in [0.29, 0.717) is 4.47 Å². The largest absolute Gasteiger partial charge is 0.508 e. The van der Waals surface area contributed by atoms with Gasteiger partial charge in [-0.25, -0.2) is 0 Å². The van der Waals surface area contributed by atoms with E-state index in [4.69, 9.17) is 0 Å². The lowest BCUT2D eigenvalue weighted by Crippen LogP contribution is -2.09. The molecule has 3 aromatic rings. The molecule has 0 spiro atoms. The number of carbonyl (C=O) groups excluding carboxylic acids is 1. The molecule has 5 heteroatoms. The normalized spacial score (nSPS) is 12.1. The summed E-state index contributed by atoms with van der Waals surface area (Å²) in [4.78, 5) is 12.2. The Morgan fingerprint density at radius 1 is 1.13 bits per heavy atom. The third kappa shape index (κ3) is 3.52. The molecule has 0 saturated heterocycles. The summed E-state index contributed by atoms with van der Waals surface area (Å²) in [6.07, 6.45) is 0. The van der Waals surface area contributed by atoms with Crippen LogP contribution in [-0.2, 0) is 4.79 Å². The number of carbonyl (C=O) groups is 1. The summed E-state index contributed by atoms with van der Waals surface area (Å²) in [7, 11) is 0. The van der Waals surface area contributed by atoms with E-state index in [0.717, 1.165) is 22.3 Å². The Bertz CT molecular complexity index is 844. The van der Waals surface area contributed by atoms with E-state index >= 15 is 0 Å². The zero-order valence-electron chi connectivity index (χ0n) is 11.9. The van der Waals surface area contributed by atoms with Crippen LogP contribution in [0.25, 0.3) is 11.1 Å². The molecule has 0 aliphatic heterocycles. The predicted molar refractivity (Wildman–Crippen MR) is 101 cm³/mol. The number of benzene rings is 2. The molecule has 3 rings (SSSR count). The molecule has 2 aromatic carbocycles. The number of phenols is 1. The summed E-state index contributed by atoms with van der Waals surface area (Å²) in [6.45, 7) is 0. The molecule has 0 radical (unpaired) electrons. The van der Waals surface area contributed by atoms with Gasteiger partial charge in [0.1, 0.15) is 5.75 Å². The van der Waals surface area contributed by atoms with Crippen molar-refractivity contribution in [2.75, 3.05) is 0 Å². The van der Waals surface area contributed by atoms with Crippen LogP contribution in [0.5, 0.6) is 5.75 Å². The number of hydrogen-bond acceptors (Lipinski definition) is 3. The van der Waals surface area contributed by atoms with Crippen molar-refractivity contribution in [3.05, 3.63) is 74.9 Å². The maximum atomic E-state index is 12.2. The fourth-order valence-electron chi connectivity index (χ4n) is 2.53. The van der Waals surface area contributed by atoms with Crippen LogP contribution in [0.1, 0.15) is 17.0 Å². The lowest BCUT2D eigenvalue weighted by Gasteiger charge is -2.17. The van der Waals surface area contributed by atoms with Gasteiger partial charge in [0.2, 0.25) is 0 Å². The molecule has 1 unspecified atom stereocenters. The second-order valence-corrected chi connectivity index (χ2v) is 7.19. The molecule has 116 valence electrons. The Balaban J connectivity index is 2.09. The summed E-state index contributed by atoms with van der Waals surface area (Å²) < 4.78 is 0.686. The molecule has 1 heterocycles. The minimum Gasteiger partial charge on any atom is -0.508 e. The Morgan fingerprint density at radius 2 is 1.96 bits per heavy atom. The van der Waals surface area contributed by atoms with Gasteiger partial charge in [0.05, 0.1) is 5.92 Å². The average Bonchev–Trinajstić information content (AvgIpc) is 3.04. The molecule has 0 aliphatic carbocycles. The van der Waals surface area contributed by atoms with E-state index in [-0.39, 0.29) is 10.9 Å². The monoisotopic (exact) mass is 404 g/mol. The van der Waals surface area contributed by atoms with Crippen molar-refractivity contribution in [3.63, 3.8) is 0 Å². The van der Waals surface area contributed by atoms with Crippen molar-refractivity contribution in [3.8, 4) is 16.9 Å². The van der Waals surface area contributed by atoms with Crippen molar-refractivity contribution < 1.29 is 9.90 Å². The van der Waals surface area contributed by atoms with E-state index < -0.39 is 5.92 Å². The molecule has 1 atom stereocenters. The van der Waals surface area contributed by atoms with E-state index in [2.05, 4.69) is 40.0 Å². The van der Waals surface area contributed by atoms with Crippen molar-refractivity contribution in [1.29, 1.82) is 0 Å². The van der Waals surface area contributed by atoms with Crippen LogP contribution in [0.3, 0.4) is 0 Å². The van der Waals surface area contributed by atoms with E-state index in [1.54, 1.807) is 29.5 Å². The standard InChI is InChI=1S/C18H13BrO2S2/c19-16-9-14(20)4-5-15(16)17(18(21)22)12-3-1-2-11(8-12)13-6-7-23-10-13/h1-10,17,20H,(H,21,22). The first kappa shape index (κ1) is 16.3. The molecule has 0 amide bonds.